The molecule has 1 heterocycles. The van der Waals surface area contributed by atoms with Crippen LogP contribution in [-0.2, 0) is 5.75 Å². The van der Waals surface area contributed by atoms with Gasteiger partial charge in [0.25, 0.3) is 0 Å². The second kappa shape index (κ2) is 6.74. The van der Waals surface area contributed by atoms with E-state index in [0.717, 1.165) is 30.5 Å². The first kappa shape index (κ1) is 17.1. The summed E-state index contributed by atoms with van der Waals surface area (Å²) in [6.45, 7) is 0. The van der Waals surface area contributed by atoms with E-state index in [1.165, 1.54) is 5.56 Å². The smallest absolute Gasteiger partial charge is 0.224 e. The van der Waals surface area contributed by atoms with E-state index in [1.54, 1.807) is 0 Å². The van der Waals surface area contributed by atoms with Crippen LogP contribution in [0.4, 0.5) is 10.2 Å². The van der Waals surface area contributed by atoms with Crippen LogP contribution in [0.3, 0.4) is 0 Å². The molecule has 0 bridgehead atoms. The topological polar surface area (TPSA) is 63.8 Å². The number of hydrogen-bond donors (Lipinski definition) is 2. The number of benzene rings is 1. The molecule has 2 saturated carbocycles. The number of hydrogen-bond acceptors (Lipinski definition) is 5. The van der Waals surface area contributed by atoms with E-state index in [-0.39, 0.29) is 22.7 Å². The van der Waals surface area contributed by atoms with Crippen molar-refractivity contribution in [2.75, 3.05) is 11.1 Å². The van der Waals surface area contributed by atoms with Gasteiger partial charge < -0.3 is 11.1 Å². The standard InChI is InChI=1S/C18H20ClFN4S/c19-17-22-8-14(20)16(24-17)23-15-6-12(18(21)7-13(15)18)10-25-9-11-4-2-1-3-5-11/h1-5,8,12-13,15H,6-7,9-10,21H2,(H,22,23,24)/t12?,13-,15?,18-/m1/s1. The third-order valence-corrected chi connectivity index (χ3v) is 6.71. The molecule has 0 amide bonds. The number of thioether (sulfide) groups is 1. The zero-order chi connectivity index (χ0) is 17.4. The molecule has 2 unspecified atom stereocenters. The van der Waals surface area contributed by atoms with Gasteiger partial charge in [-0.3, -0.25) is 0 Å². The number of halogens is 2. The Bertz CT molecular complexity index is 762. The van der Waals surface area contributed by atoms with Crippen molar-refractivity contribution in [2.24, 2.45) is 17.6 Å². The van der Waals surface area contributed by atoms with Crippen molar-refractivity contribution < 1.29 is 4.39 Å². The molecule has 4 rings (SSSR count). The quantitative estimate of drug-likeness (QED) is 0.750. The maximum absolute atomic E-state index is 13.9. The monoisotopic (exact) mass is 378 g/mol. The SMILES string of the molecule is N[C@@]12C[C@@H]1C(Nc1nc(Cl)ncc1F)CC2CSCc1ccccc1. The van der Waals surface area contributed by atoms with E-state index in [0.29, 0.717) is 11.8 Å². The highest BCUT2D eigenvalue weighted by Crippen LogP contribution is 2.58. The molecule has 0 spiro atoms. The first-order valence-corrected chi connectivity index (χ1v) is 9.94. The van der Waals surface area contributed by atoms with Crippen LogP contribution in [0.25, 0.3) is 0 Å². The van der Waals surface area contributed by atoms with Crippen molar-refractivity contribution in [2.45, 2.75) is 30.2 Å². The molecule has 3 N–H and O–H groups in total. The summed E-state index contributed by atoms with van der Waals surface area (Å²) in [6, 6.07) is 10.6. The summed E-state index contributed by atoms with van der Waals surface area (Å²) in [6.07, 6.45) is 3.02. The van der Waals surface area contributed by atoms with Gasteiger partial charge in [0.2, 0.25) is 5.28 Å². The zero-order valence-electron chi connectivity index (χ0n) is 13.7. The Morgan fingerprint density at radius 1 is 1.36 bits per heavy atom. The lowest BCUT2D eigenvalue weighted by molar-refractivity contribution is 0.466. The molecule has 25 heavy (non-hydrogen) atoms. The van der Waals surface area contributed by atoms with E-state index in [9.17, 15) is 4.39 Å². The van der Waals surface area contributed by atoms with Crippen LogP contribution in [0.5, 0.6) is 0 Å². The molecule has 2 aromatic rings. The van der Waals surface area contributed by atoms with Gasteiger partial charge in [0.15, 0.2) is 11.6 Å². The maximum Gasteiger partial charge on any atom is 0.224 e. The van der Waals surface area contributed by atoms with Gasteiger partial charge in [-0.15, -0.1) is 0 Å². The first-order chi connectivity index (χ1) is 12.1. The summed E-state index contributed by atoms with van der Waals surface area (Å²) in [5.41, 5.74) is 7.80. The Morgan fingerprint density at radius 2 is 2.16 bits per heavy atom. The van der Waals surface area contributed by atoms with Crippen LogP contribution in [0.2, 0.25) is 5.28 Å². The van der Waals surface area contributed by atoms with Crippen LogP contribution in [0, 0.1) is 17.7 Å². The summed E-state index contributed by atoms with van der Waals surface area (Å²) >= 11 is 7.69. The van der Waals surface area contributed by atoms with Crippen molar-refractivity contribution in [1.82, 2.24) is 9.97 Å². The number of anilines is 1. The molecule has 2 aliphatic carbocycles. The zero-order valence-corrected chi connectivity index (χ0v) is 15.2. The molecule has 2 aliphatic rings. The van der Waals surface area contributed by atoms with Gasteiger partial charge in [-0.25, -0.2) is 9.37 Å². The molecule has 0 radical (unpaired) electrons. The van der Waals surface area contributed by atoms with Crippen molar-refractivity contribution in [3.05, 3.63) is 53.2 Å². The van der Waals surface area contributed by atoms with E-state index in [4.69, 9.17) is 17.3 Å². The Kier molecular flexibility index (Phi) is 4.60. The number of nitrogens with zero attached hydrogens (tertiary/aromatic N) is 2. The Hall–Kier alpha value is -1.37. The second-order valence-corrected chi connectivity index (χ2v) is 8.31. The van der Waals surface area contributed by atoms with E-state index in [2.05, 4.69) is 39.6 Å². The summed E-state index contributed by atoms with van der Waals surface area (Å²) in [4.78, 5) is 7.61. The predicted molar refractivity (Wildman–Crippen MR) is 100 cm³/mol. The normalized spacial score (nSPS) is 30.1. The van der Waals surface area contributed by atoms with E-state index >= 15 is 0 Å². The Morgan fingerprint density at radius 3 is 2.96 bits per heavy atom. The minimum atomic E-state index is -0.477. The lowest BCUT2D eigenvalue weighted by atomic mass is 10.0. The lowest BCUT2D eigenvalue weighted by Gasteiger charge is -2.20. The average molecular weight is 379 g/mol. The molecule has 4 nitrogen and oxygen atoms in total. The molecular formula is C18H20ClFN4S. The first-order valence-electron chi connectivity index (χ1n) is 8.41. The lowest BCUT2D eigenvalue weighted by Crippen LogP contribution is -2.32. The summed E-state index contributed by atoms with van der Waals surface area (Å²) in [5.74, 6) is 2.53. The van der Waals surface area contributed by atoms with Gasteiger partial charge in [0.05, 0.1) is 6.20 Å². The number of rotatable bonds is 6. The highest BCUT2D eigenvalue weighted by molar-refractivity contribution is 7.98. The molecule has 1 aromatic heterocycles. The fourth-order valence-corrected chi connectivity index (χ4v) is 5.31. The molecule has 7 heteroatoms. The van der Waals surface area contributed by atoms with E-state index < -0.39 is 5.82 Å². The van der Waals surface area contributed by atoms with Crippen LogP contribution in [0.1, 0.15) is 18.4 Å². The number of fused-ring (bicyclic) bond motifs is 1. The summed E-state index contributed by atoms with van der Waals surface area (Å²) < 4.78 is 13.9. The van der Waals surface area contributed by atoms with Crippen LogP contribution < -0.4 is 11.1 Å². The molecule has 1 aromatic carbocycles. The Balaban J connectivity index is 1.36. The highest BCUT2D eigenvalue weighted by Gasteiger charge is 2.64. The van der Waals surface area contributed by atoms with Crippen molar-refractivity contribution in [1.29, 1.82) is 0 Å². The van der Waals surface area contributed by atoms with Gasteiger partial charge in [-0.05, 0) is 47.6 Å². The van der Waals surface area contributed by atoms with Gasteiger partial charge >= 0.3 is 0 Å². The van der Waals surface area contributed by atoms with E-state index in [1.807, 2.05) is 17.8 Å². The van der Waals surface area contributed by atoms with Gasteiger partial charge in [0, 0.05) is 17.3 Å². The largest absolute Gasteiger partial charge is 0.364 e. The molecule has 0 aliphatic heterocycles. The highest BCUT2D eigenvalue weighted by atomic mass is 35.5. The number of aromatic nitrogens is 2. The van der Waals surface area contributed by atoms with Crippen molar-refractivity contribution in [3.63, 3.8) is 0 Å². The third kappa shape index (κ3) is 3.48. The average Bonchev–Trinajstić information content (AvgIpc) is 3.23. The fraction of sp³-hybridized carbons (Fsp3) is 0.444. The van der Waals surface area contributed by atoms with Crippen molar-refractivity contribution >= 4 is 29.2 Å². The predicted octanol–water partition coefficient (Wildman–Crippen LogP) is 3.72. The minimum Gasteiger partial charge on any atom is -0.364 e. The maximum atomic E-state index is 13.9. The summed E-state index contributed by atoms with van der Waals surface area (Å²) in [5, 5.41) is 3.25. The van der Waals surface area contributed by atoms with Crippen molar-refractivity contribution in [3.8, 4) is 0 Å². The Labute approximate surface area is 155 Å². The third-order valence-electron chi connectivity index (χ3n) is 5.36. The molecule has 2 fully saturated rings. The summed E-state index contributed by atoms with van der Waals surface area (Å²) in [7, 11) is 0. The fourth-order valence-electron chi connectivity index (χ4n) is 3.90. The molecule has 0 saturated heterocycles. The van der Waals surface area contributed by atoms with Crippen LogP contribution >= 0.6 is 23.4 Å². The minimum absolute atomic E-state index is 0.0478. The molecular weight excluding hydrogens is 359 g/mol. The van der Waals surface area contributed by atoms with Crippen LogP contribution in [-0.4, -0.2) is 27.3 Å². The second-order valence-electron chi connectivity index (χ2n) is 6.94. The molecule has 4 atom stereocenters. The van der Waals surface area contributed by atoms with Gasteiger partial charge in [-0.2, -0.15) is 16.7 Å². The van der Waals surface area contributed by atoms with Gasteiger partial charge in [-0.1, -0.05) is 30.3 Å². The van der Waals surface area contributed by atoms with Crippen LogP contribution in [0.15, 0.2) is 36.5 Å². The van der Waals surface area contributed by atoms with Gasteiger partial charge in [0.1, 0.15) is 0 Å². The number of nitrogens with two attached hydrogens (primary N) is 1. The number of nitrogens with one attached hydrogen (secondary N) is 1. The molecule has 132 valence electrons.